The van der Waals surface area contributed by atoms with Gasteiger partial charge in [0.2, 0.25) is 0 Å². The van der Waals surface area contributed by atoms with Crippen molar-refractivity contribution in [1.29, 1.82) is 0 Å². The number of anilines is 1. The molecule has 0 atom stereocenters. The van der Waals surface area contributed by atoms with Crippen LogP contribution in [0.2, 0.25) is 0 Å². The minimum absolute atomic E-state index is 0.219. The van der Waals surface area contributed by atoms with Gasteiger partial charge in [0.15, 0.2) is 5.65 Å². The van der Waals surface area contributed by atoms with E-state index in [1.54, 1.807) is 35.5 Å². The van der Waals surface area contributed by atoms with Gasteiger partial charge in [-0.25, -0.2) is 14.5 Å². The van der Waals surface area contributed by atoms with Crippen LogP contribution >= 0.6 is 0 Å². The molecule has 0 unspecified atom stereocenters. The van der Waals surface area contributed by atoms with E-state index < -0.39 is 0 Å². The van der Waals surface area contributed by atoms with Crippen LogP contribution in [-0.2, 0) is 0 Å². The Morgan fingerprint density at radius 3 is 2.67 bits per heavy atom. The lowest BCUT2D eigenvalue weighted by Crippen LogP contribution is -2.28. The van der Waals surface area contributed by atoms with Gasteiger partial charge in [0.1, 0.15) is 11.4 Å². The summed E-state index contributed by atoms with van der Waals surface area (Å²) in [6.45, 7) is 0.970. The summed E-state index contributed by atoms with van der Waals surface area (Å²) < 4.78 is 1.68. The molecular weight excluding hydrogens is 342 g/mol. The van der Waals surface area contributed by atoms with Crippen LogP contribution in [0.15, 0.2) is 67.4 Å². The van der Waals surface area contributed by atoms with E-state index in [-0.39, 0.29) is 5.91 Å². The van der Waals surface area contributed by atoms with E-state index in [2.05, 4.69) is 30.7 Å². The van der Waals surface area contributed by atoms with E-state index in [0.717, 1.165) is 11.3 Å². The van der Waals surface area contributed by atoms with E-state index in [9.17, 15) is 4.79 Å². The lowest BCUT2D eigenvalue weighted by Gasteiger charge is -2.07. The summed E-state index contributed by atoms with van der Waals surface area (Å²) >= 11 is 0. The van der Waals surface area contributed by atoms with Crippen molar-refractivity contribution >= 4 is 17.4 Å². The number of fused-ring (bicyclic) bond motifs is 1. The highest BCUT2D eigenvalue weighted by atomic mass is 16.1. The van der Waals surface area contributed by atoms with Crippen LogP contribution in [-0.4, -0.2) is 43.6 Å². The summed E-state index contributed by atoms with van der Waals surface area (Å²) in [5, 5.41) is 10.3. The van der Waals surface area contributed by atoms with Gasteiger partial charge < -0.3 is 10.6 Å². The van der Waals surface area contributed by atoms with Crippen LogP contribution in [0, 0.1) is 0 Å². The first kappa shape index (κ1) is 16.6. The highest BCUT2D eigenvalue weighted by Crippen LogP contribution is 2.20. The van der Waals surface area contributed by atoms with E-state index in [4.69, 9.17) is 0 Å². The molecule has 0 aliphatic rings. The summed E-state index contributed by atoms with van der Waals surface area (Å²) in [5.41, 5.74) is 2.85. The molecule has 0 aliphatic heterocycles. The van der Waals surface area contributed by atoms with Gasteiger partial charge in [-0.1, -0.05) is 30.3 Å². The van der Waals surface area contributed by atoms with Gasteiger partial charge in [0.25, 0.3) is 5.91 Å². The van der Waals surface area contributed by atoms with Gasteiger partial charge in [-0.15, -0.1) is 0 Å². The monoisotopic (exact) mass is 359 g/mol. The van der Waals surface area contributed by atoms with Crippen LogP contribution in [0.25, 0.3) is 16.9 Å². The third-order valence-electron chi connectivity index (χ3n) is 4.00. The minimum Gasteiger partial charge on any atom is -0.367 e. The molecule has 0 saturated heterocycles. The van der Waals surface area contributed by atoms with Crippen molar-refractivity contribution in [2.45, 2.75) is 0 Å². The number of amides is 1. The predicted octanol–water partition coefficient (Wildman–Crippen LogP) is 2.03. The second-order valence-electron chi connectivity index (χ2n) is 5.76. The second-order valence-corrected chi connectivity index (χ2v) is 5.76. The van der Waals surface area contributed by atoms with Gasteiger partial charge in [0, 0.05) is 37.2 Å². The van der Waals surface area contributed by atoms with Gasteiger partial charge in [-0.2, -0.15) is 5.10 Å². The van der Waals surface area contributed by atoms with Crippen molar-refractivity contribution in [3.8, 4) is 11.3 Å². The zero-order valence-electron chi connectivity index (χ0n) is 14.4. The molecule has 0 aliphatic carbocycles. The predicted molar refractivity (Wildman–Crippen MR) is 101 cm³/mol. The number of rotatable bonds is 6. The maximum Gasteiger partial charge on any atom is 0.256 e. The van der Waals surface area contributed by atoms with Crippen molar-refractivity contribution in [3.05, 3.63) is 72.9 Å². The first-order chi connectivity index (χ1) is 13.3. The Balaban J connectivity index is 1.46. The number of aromatic nitrogens is 5. The lowest BCUT2D eigenvalue weighted by atomic mass is 10.1. The summed E-state index contributed by atoms with van der Waals surface area (Å²) in [5.74, 6) is 0.445. The third kappa shape index (κ3) is 3.59. The zero-order valence-corrected chi connectivity index (χ0v) is 14.4. The summed E-state index contributed by atoms with van der Waals surface area (Å²) in [6, 6.07) is 11.7. The topological polar surface area (TPSA) is 97.1 Å². The van der Waals surface area contributed by atoms with Gasteiger partial charge in [0.05, 0.1) is 18.1 Å². The Morgan fingerprint density at radius 2 is 1.85 bits per heavy atom. The Bertz CT molecular complexity index is 1050. The average Bonchev–Trinajstić information content (AvgIpc) is 3.17. The average molecular weight is 359 g/mol. The highest BCUT2D eigenvalue weighted by Gasteiger charge is 2.15. The van der Waals surface area contributed by atoms with Crippen LogP contribution < -0.4 is 10.6 Å². The fourth-order valence-corrected chi connectivity index (χ4v) is 2.73. The van der Waals surface area contributed by atoms with Crippen molar-refractivity contribution in [2.24, 2.45) is 0 Å². The Morgan fingerprint density at radius 1 is 0.963 bits per heavy atom. The molecule has 3 aromatic heterocycles. The normalized spacial score (nSPS) is 10.7. The second kappa shape index (κ2) is 7.61. The standard InChI is InChI=1S/C19H17N7O/c27-19(24-11-10-22-17-13-20-8-9-21-17)15-12-25-26-16(6-7-23-18(15)26)14-4-2-1-3-5-14/h1-9,12-13H,10-11H2,(H,21,22)(H,24,27). The summed E-state index contributed by atoms with van der Waals surface area (Å²) in [6.07, 6.45) is 8.07. The van der Waals surface area contributed by atoms with Gasteiger partial charge >= 0.3 is 0 Å². The first-order valence-electron chi connectivity index (χ1n) is 8.49. The number of carbonyl (C=O) groups is 1. The molecule has 4 rings (SSSR count). The molecule has 0 saturated carbocycles. The molecule has 1 aromatic carbocycles. The molecule has 0 radical (unpaired) electrons. The largest absolute Gasteiger partial charge is 0.367 e. The minimum atomic E-state index is -0.219. The molecule has 0 spiro atoms. The summed E-state index contributed by atoms with van der Waals surface area (Å²) in [4.78, 5) is 24.9. The maximum atomic E-state index is 12.5. The molecule has 8 heteroatoms. The Labute approximate surface area is 155 Å². The fraction of sp³-hybridized carbons (Fsp3) is 0.105. The SMILES string of the molecule is O=C(NCCNc1cnccn1)c1cnn2c(-c3ccccc3)ccnc12. The molecular formula is C19H17N7O. The zero-order chi connectivity index (χ0) is 18.5. The highest BCUT2D eigenvalue weighted by molar-refractivity contribution is 5.99. The molecule has 134 valence electrons. The van der Waals surface area contributed by atoms with Gasteiger partial charge in [-0.3, -0.25) is 9.78 Å². The van der Waals surface area contributed by atoms with Crippen LogP contribution in [0.4, 0.5) is 5.82 Å². The smallest absolute Gasteiger partial charge is 0.256 e. The number of nitrogens with zero attached hydrogens (tertiary/aromatic N) is 5. The Hall–Kier alpha value is -3.81. The molecule has 8 nitrogen and oxygen atoms in total. The molecule has 3 heterocycles. The van der Waals surface area contributed by atoms with E-state index in [1.165, 1.54) is 0 Å². The molecule has 0 fully saturated rings. The van der Waals surface area contributed by atoms with Gasteiger partial charge in [-0.05, 0) is 6.07 Å². The number of benzene rings is 1. The first-order valence-corrected chi connectivity index (χ1v) is 8.49. The van der Waals surface area contributed by atoms with Crippen molar-refractivity contribution in [2.75, 3.05) is 18.4 Å². The number of hydrogen-bond donors (Lipinski definition) is 2. The molecule has 0 bridgehead atoms. The van der Waals surface area contributed by atoms with Crippen LogP contribution in [0.1, 0.15) is 10.4 Å². The van der Waals surface area contributed by atoms with Crippen molar-refractivity contribution in [1.82, 2.24) is 29.9 Å². The van der Waals surface area contributed by atoms with Crippen molar-refractivity contribution in [3.63, 3.8) is 0 Å². The summed E-state index contributed by atoms with van der Waals surface area (Å²) in [7, 11) is 0. The van der Waals surface area contributed by atoms with E-state index >= 15 is 0 Å². The Kier molecular flexibility index (Phi) is 4.69. The maximum absolute atomic E-state index is 12.5. The number of carbonyl (C=O) groups excluding carboxylic acids is 1. The molecule has 1 amide bonds. The van der Waals surface area contributed by atoms with Crippen LogP contribution in [0.5, 0.6) is 0 Å². The number of nitrogens with one attached hydrogen (secondary N) is 2. The fourth-order valence-electron chi connectivity index (χ4n) is 2.73. The van der Waals surface area contributed by atoms with Crippen LogP contribution in [0.3, 0.4) is 0 Å². The quantitative estimate of drug-likeness (QED) is 0.511. The molecule has 2 N–H and O–H groups in total. The van der Waals surface area contributed by atoms with E-state index in [0.29, 0.717) is 30.1 Å². The van der Waals surface area contributed by atoms with Crippen molar-refractivity contribution < 1.29 is 4.79 Å². The third-order valence-corrected chi connectivity index (χ3v) is 4.00. The lowest BCUT2D eigenvalue weighted by molar-refractivity contribution is 0.0956. The number of hydrogen-bond acceptors (Lipinski definition) is 6. The molecule has 4 aromatic rings. The van der Waals surface area contributed by atoms with E-state index in [1.807, 2.05) is 36.4 Å². The molecule has 27 heavy (non-hydrogen) atoms.